The SMILES string of the molecule is CS(C)(CCOc1ccccc1)CC(=O)O. The lowest BCUT2D eigenvalue weighted by Crippen LogP contribution is -2.18. The highest BCUT2D eigenvalue weighted by Gasteiger charge is 2.15. The Hall–Kier alpha value is -1.16. The lowest BCUT2D eigenvalue weighted by molar-refractivity contribution is -0.133. The van der Waals surface area contributed by atoms with Gasteiger partial charge in [-0.15, -0.1) is 0 Å². The average Bonchev–Trinajstić information content (AvgIpc) is 2.16. The van der Waals surface area contributed by atoms with Crippen LogP contribution < -0.4 is 4.74 Å². The summed E-state index contributed by atoms with van der Waals surface area (Å²) in [5.41, 5.74) is 0. The zero-order chi connectivity index (χ0) is 12.0. The van der Waals surface area contributed by atoms with Gasteiger partial charge in [0.1, 0.15) is 5.75 Å². The smallest absolute Gasteiger partial charge is 0.311 e. The van der Waals surface area contributed by atoms with Crippen molar-refractivity contribution in [1.29, 1.82) is 0 Å². The van der Waals surface area contributed by atoms with E-state index in [1.165, 1.54) is 0 Å². The molecule has 0 radical (unpaired) electrons. The third-order valence-electron chi connectivity index (χ3n) is 2.16. The molecule has 4 heteroatoms. The highest BCUT2D eigenvalue weighted by molar-refractivity contribution is 8.33. The summed E-state index contributed by atoms with van der Waals surface area (Å²) in [5.74, 6) is 1.19. The first-order valence-corrected chi connectivity index (χ1v) is 7.87. The third-order valence-corrected chi connectivity index (χ3v) is 4.46. The molecule has 0 amide bonds. The molecule has 0 heterocycles. The first kappa shape index (κ1) is 12.9. The van der Waals surface area contributed by atoms with Gasteiger partial charge in [0, 0.05) is 5.75 Å². The van der Waals surface area contributed by atoms with Crippen molar-refractivity contribution < 1.29 is 14.6 Å². The van der Waals surface area contributed by atoms with Crippen LogP contribution in [0.4, 0.5) is 0 Å². The Morgan fingerprint density at radius 3 is 2.50 bits per heavy atom. The molecular weight excluding hydrogens is 224 g/mol. The van der Waals surface area contributed by atoms with Gasteiger partial charge in [0.25, 0.3) is 0 Å². The summed E-state index contributed by atoms with van der Waals surface area (Å²) >= 11 is 0. The molecule has 1 rings (SSSR count). The van der Waals surface area contributed by atoms with E-state index in [-0.39, 0.29) is 5.75 Å². The number of ether oxygens (including phenoxy) is 1. The Morgan fingerprint density at radius 2 is 1.94 bits per heavy atom. The van der Waals surface area contributed by atoms with Gasteiger partial charge >= 0.3 is 5.97 Å². The molecular formula is C12H18O3S. The first-order valence-electron chi connectivity index (χ1n) is 5.08. The predicted molar refractivity (Wildman–Crippen MR) is 68.7 cm³/mol. The van der Waals surface area contributed by atoms with Gasteiger partial charge in [0.15, 0.2) is 0 Å². The predicted octanol–water partition coefficient (Wildman–Crippen LogP) is 2.21. The maximum Gasteiger partial charge on any atom is 0.311 e. The molecule has 0 saturated heterocycles. The van der Waals surface area contributed by atoms with Gasteiger partial charge in [0.05, 0.1) is 12.4 Å². The Morgan fingerprint density at radius 1 is 1.31 bits per heavy atom. The van der Waals surface area contributed by atoms with Gasteiger partial charge in [-0.3, -0.25) is 4.79 Å². The van der Waals surface area contributed by atoms with Crippen LogP contribution >= 0.6 is 10.0 Å². The molecule has 1 N–H and O–H groups in total. The molecule has 3 nitrogen and oxygen atoms in total. The van der Waals surface area contributed by atoms with E-state index in [1.807, 2.05) is 42.8 Å². The molecule has 1 aromatic carbocycles. The molecule has 16 heavy (non-hydrogen) atoms. The van der Waals surface area contributed by atoms with Gasteiger partial charge < -0.3 is 9.84 Å². The highest BCUT2D eigenvalue weighted by Crippen LogP contribution is 2.38. The fourth-order valence-corrected chi connectivity index (χ4v) is 2.66. The molecule has 0 aliphatic carbocycles. The van der Waals surface area contributed by atoms with E-state index >= 15 is 0 Å². The van der Waals surface area contributed by atoms with Crippen molar-refractivity contribution in [3.05, 3.63) is 30.3 Å². The van der Waals surface area contributed by atoms with Crippen molar-refractivity contribution in [2.24, 2.45) is 0 Å². The minimum Gasteiger partial charge on any atom is -0.493 e. The molecule has 0 atom stereocenters. The van der Waals surface area contributed by atoms with Crippen LogP contribution in [0, 0.1) is 0 Å². The highest BCUT2D eigenvalue weighted by atomic mass is 32.3. The van der Waals surface area contributed by atoms with E-state index < -0.39 is 16.0 Å². The summed E-state index contributed by atoms with van der Waals surface area (Å²) in [6.45, 7) is 0.583. The zero-order valence-corrected chi connectivity index (χ0v) is 10.5. The Labute approximate surface area is 97.7 Å². The summed E-state index contributed by atoms with van der Waals surface area (Å²) in [4.78, 5) is 10.6. The number of rotatable bonds is 6. The van der Waals surface area contributed by atoms with Gasteiger partial charge in [-0.1, -0.05) is 18.2 Å². The van der Waals surface area contributed by atoms with E-state index in [1.54, 1.807) is 0 Å². The zero-order valence-electron chi connectivity index (χ0n) is 9.68. The number of hydrogen-bond donors (Lipinski definition) is 1. The molecule has 1 aromatic rings. The van der Waals surface area contributed by atoms with Crippen LogP contribution in [-0.4, -0.2) is 41.7 Å². The summed E-state index contributed by atoms with van der Waals surface area (Å²) in [6.07, 6.45) is 4.05. The van der Waals surface area contributed by atoms with Crippen molar-refractivity contribution in [1.82, 2.24) is 0 Å². The minimum atomic E-state index is -1.08. The van der Waals surface area contributed by atoms with Gasteiger partial charge in [0.2, 0.25) is 0 Å². The minimum absolute atomic E-state index is 0.255. The van der Waals surface area contributed by atoms with Crippen molar-refractivity contribution >= 4 is 16.0 Å². The maximum absolute atomic E-state index is 10.6. The average molecular weight is 242 g/mol. The van der Waals surface area contributed by atoms with Crippen LogP contribution in [-0.2, 0) is 4.79 Å². The normalized spacial score (nSPS) is 12.1. The molecule has 90 valence electrons. The molecule has 0 bridgehead atoms. The first-order chi connectivity index (χ1) is 7.49. The van der Waals surface area contributed by atoms with Crippen LogP contribution in [0.5, 0.6) is 5.75 Å². The molecule has 0 unspecified atom stereocenters. The maximum atomic E-state index is 10.6. The third kappa shape index (κ3) is 5.07. The Kier molecular flexibility index (Phi) is 4.68. The lowest BCUT2D eigenvalue weighted by atomic mass is 10.3. The van der Waals surface area contributed by atoms with E-state index in [0.717, 1.165) is 11.5 Å². The molecule has 0 saturated carbocycles. The van der Waals surface area contributed by atoms with E-state index in [9.17, 15) is 4.79 Å². The number of benzene rings is 1. The van der Waals surface area contributed by atoms with Gasteiger partial charge in [-0.25, -0.2) is 10.0 Å². The van der Waals surface area contributed by atoms with Crippen molar-refractivity contribution in [3.63, 3.8) is 0 Å². The summed E-state index contributed by atoms with van der Waals surface area (Å²) < 4.78 is 5.55. The Bertz CT molecular complexity index is 335. The summed E-state index contributed by atoms with van der Waals surface area (Å²) in [6, 6.07) is 9.58. The van der Waals surface area contributed by atoms with Crippen molar-refractivity contribution in [2.75, 3.05) is 30.6 Å². The van der Waals surface area contributed by atoms with Crippen molar-refractivity contribution in [2.45, 2.75) is 0 Å². The number of carboxylic acid groups (broad SMARTS) is 1. The van der Waals surface area contributed by atoms with Gasteiger partial charge in [-0.05, 0) is 24.6 Å². The number of carboxylic acids is 1. The molecule has 0 aromatic heterocycles. The molecule has 0 fully saturated rings. The monoisotopic (exact) mass is 242 g/mol. The number of hydrogen-bond acceptors (Lipinski definition) is 2. The molecule has 0 spiro atoms. The van der Waals surface area contributed by atoms with Crippen LogP contribution in [0.25, 0.3) is 0 Å². The summed E-state index contributed by atoms with van der Waals surface area (Å²) in [5, 5.41) is 8.75. The van der Waals surface area contributed by atoms with Crippen LogP contribution in [0.2, 0.25) is 0 Å². The second kappa shape index (κ2) is 5.80. The second-order valence-corrected chi connectivity index (χ2v) is 8.40. The Balaban J connectivity index is 2.32. The standard InChI is InChI=1S/C12H18O3S/c1-16(2,10-12(13)14)9-8-15-11-6-4-3-5-7-11/h3-7H,8-10H2,1-2H3,(H,13,14). The topological polar surface area (TPSA) is 46.5 Å². The van der Waals surface area contributed by atoms with E-state index in [0.29, 0.717) is 6.61 Å². The van der Waals surface area contributed by atoms with E-state index in [4.69, 9.17) is 9.84 Å². The van der Waals surface area contributed by atoms with Crippen molar-refractivity contribution in [3.8, 4) is 5.75 Å². The lowest BCUT2D eigenvalue weighted by Gasteiger charge is -2.28. The van der Waals surface area contributed by atoms with Crippen LogP contribution in [0.15, 0.2) is 30.3 Å². The quantitative estimate of drug-likeness (QED) is 0.832. The number of aliphatic carboxylic acids is 1. The number of carbonyl (C=O) groups is 1. The van der Waals surface area contributed by atoms with E-state index in [2.05, 4.69) is 0 Å². The van der Waals surface area contributed by atoms with Crippen LogP contribution in [0.1, 0.15) is 0 Å². The van der Waals surface area contributed by atoms with Crippen LogP contribution in [0.3, 0.4) is 0 Å². The van der Waals surface area contributed by atoms with Gasteiger partial charge in [-0.2, -0.15) is 0 Å². The fraction of sp³-hybridized carbons (Fsp3) is 0.417. The molecule has 0 aliphatic rings. The second-order valence-electron chi connectivity index (χ2n) is 4.17. The number of para-hydroxylation sites is 1. The summed E-state index contributed by atoms with van der Waals surface area (Å²) in [7, 11) is -1.08. The fourth-order valence-electron chi connectivity index (χ4n) is 1.31. The largest absolute Gasteiger partial charge is 0.493 e. The molecule has 0 aliphatic heterocycles.